The highest BCUT2D eigenvalue weighted by molar-refractivity contribution is 6.83. The molecule has 0 saturated carbocycles. The average molecular weight is 451 g/mol. The minimum atomic E-state index is 0.228. The normalized spacial score (nSPS) is 11.3. The Labute approximate surface area is 206 Å². The quantitative estimate of drug-likeness (QED) is 0.304. The first-order valence-corrected chi connectivity index (χ1v) is 12.1. The fraction of sp³-hybridized carbons (Fsp3) is 0.0968. The highest BCUT2D eigenvalue weighted by atomic mass is 15.1. The second kappa shape index (κ2) is 8.55. The lowest BCUT2D eigenvalue weighted by Crippen LogP contribution is -2.40. The Morgan fingerprint density at radius 1 is 0.686 bits per heavy atom. The van der Waals surface area contributed by atoms with Crippen molar-refractivity contribution in [3.63, 3.8) is 0 Å². The maximum atomic E-state index is 4.94. The molecule has 3 nitrogen and oxygen atoms in total. The molecule has 0 aliphatic rings. The van der Waals surface area contributed by atoms with Crippen LogP contribution in [0.4, 0.5) is 0 Å². The first kappa shape index (κ1) is 21.4. The number of aromatic nitrogens is 3. The Balaban J connectivity index is 1.52. The van der Waals surface area contributed by atoms with Crippen LogP contribution in [0, 0.1) is 13.8 Å². The summed E-state index contributed by atoms with van der Waals surface area (Å²) in [7, 11) is 0. The molecule has 3 heterocycles. The summed E-state index contributed by atoms with van der Waals surface area (Å²) in [5.74, 6) is 0.953. The fourth-order valence-electron chi connectivity index (χ4n) is 4.93. The van der Waals surface area contributed by atoms with Crippen molar-refractivity contribution in [3.05, 3.63) is 115 Å². The number of para-hydroxylation sites is 1. The van der Waals surface area contributed by atoms with Gasteiger partial charge in [-0.25, -0.2) is 4.98 Å². The zero-order valence-electron chi connectivity index (χ0n) is 20.2. The highest BCUT2D eigenvalue weighted by Gasteiger charge is 2.17. The monoisotopic (exact) mass is 451 g/mol. The topological polar surface area (TPSA) is 30.7 Å². The molecule has 0 unspecified atom stereocenters. The van der Waals surface area contributed by atoms with Crippen molar-refractivity contribution in [2.75, 3.05) is 0 Å². The van der Waals surface area contributed by atoms with Crippen molar-refractivity contribution in [1.29, 1.82) is 0 Å². The molecule has 6 rings (SSSR count). The van der Waals surface area contributed by atoms with Crippen molar-refractivity contribution in [3.8, 4) is 16.9 Å². The highest BCUT2D eigenvalue weighted by Crippen LogP contribution is 2.34. The summed E-state index contributed by atoms with van der Waals surface area (Å²) >= 11 is 0. The molecule has 0 spiro atoms. The van der Waals surface area contributed by atoms with Crippen molar-refractivity contribution in [2.45, 2.75) is 20.7 Å². The molecule has 35 heavy (non-hydrogen) atoms. The summed E-state index contributed by atoms with van der Waals surface area (Å²) in [4.78, 5) is 9.52. The summed E-state index contributed by atoms with van der Waals surface area (Å²) in [6, 6.07) is 34.6. The van der Waals surface area contributed by atoms with Gasteiger partial charge in [-0.05, 0) is 60.9 Å². The van der Waals surface area contributed by atoms with Gasteiger partial charge in [0.2, 0.25) is 6.71 Å². The summed E-state index contributed by atoms with van der Waals surface area (Å²) in [6.45, 7) is 6.63. The number of pyridine rings is 2. The van der Waals surface area contributed by atoms with E-state index in [4.69, 9.17) is 4.98 Å². The van der Waals surface area contributed by atoms with Crippen molar-refractivity contribution < 1.29 is 0 Å². The summed E-state index contributed by atoms with van der Waals surface area (Å²) < 4.78 is 2.29. The predicted molar refractivity (Wildman–Crippen MR) is 149 cm³/mol. The van der Waals surface area contributed by atoms with Gasteiger partial charge in [0, 0.05) is 28.3 Å². The Morgan fingerprint density at radius 3 is 2.31 bits per heavy atom. The van der Waals surface area contributed by atoms with Crippen LogP contribution in [0.3, 0.4) is 0 Å². The second-order valence-electron chi connectivity index (χ2n) is 9.26. The molecule has 3 aromatic heterocycles. The van der Waals surface area contributed by atoms with Crippen LogP contribution in [0.25, 0.3) is 38.8 Å². The van der Waals surface area contributed by atoms with Crippen LogP contribution in [-0.4, -0.2) is 21.2 Å². The first-order valence-electron chi connectivity index (χ1n) is 12.1. The molecule has 0 fully saturated rings. The SMILES string of the molecule is CB(c1cccc(-c2ccc3c4ccccc4n(-c4ccc(C)c(C)n4)c3c2)c1)c1ccccn1. The molecule has 0 amide bonds. The molecule has 0 radical (unpaired) electrons. The number of aryl methyl sites for hydroxylation is 2. The summed E-state index contributed by atoms with van der Waals surface area (Å²) in [6.07, 6.45) is 1.86. The zero-order chi connectivity index (χ0) is 23.9. The largest absolute Gasteiger partial charge is 0.294 e. The van der Waals surface area contributed by atoms with E-state index in [2.05, 4.69) is 121 Å². The third-order valence-electron chi connectivity index (χ3n) is 7.09. The first-order chi connectivity index (χ1) is 17.1. The molecule has 0 aliphatic heterocycles. The standard InChI is InChI=1S/C31H26BN3/c1-21-14-17-31(34-22(21)2)35-28-12-5-4-11-26(28)27-16-15-24(20-29(27)35)23-9-8-10-25(19-23)32(3)30-13-6-7-18-33-30/h4-20H,1-3H3. The van der Waals surface area contributed by atoms with Crippen molar-refractivity contribution in [1.82, 2.24) is 14.5 Å². The van der Waals surface area contributed by atoms with E-state index in [1.54, 1.807) is 0 Å². The lowest BCUT2D eigenvalue weighted by atomic mass is 9.44. The summed E-state index contributed by atoms with van der Waals surface area (Å²) in [5, 5.41) is 2.48. The average Bonchev–Trinajstić information content (AvgIpc) is 3.24. The van der Waals surface area contributed by atoms with Gasteiger partial charge in [-0.15, -0.1) is 0 Å². The molecule has 0 atom stereocenters. The third kappa shape index (κ3) is 3.72. The van der Waals surface area contributed by atoms with Crippen molar-refractivity contribution in [2.24, 2.45) is 0 Å². The Morgan fingerprint density at radius 2 is 1.49 bits per heavy atom. The van der Waals surface area contributed by atoms with E-state index in [0.29, 0.717) is 0 Å². The zero-order valence-corrected chi connectivity index (χ0v) is 20.2. The van der Waals surface area contributed by atoms with Gasteiger partial charge in [0.1, 0.15) is 5.82 Å². The fourth-order valence-corrected chi connectivity index (χ4v) is 4.93. The van der Waals surface area contributed by atoms with E-state index >= 15 is 0 Å². The van der Waals surface area contributed by atoms with Gasteiger partial charge < -0.3 is 0 Å². The predicted octanol–water partition coefficient (Wildman–Crippen LogP) is 6.10. The van der Waals surface area contributed by atoms with Crippen LogP contribution >= 0.6 is 0 Å². The molecule has 3 aromatic carbocycles. The van der Waals surface area contributed by atoms with E-state index < -0.39 is 0 Å². The van der Waals surface area contributed by atoms with Gasteiger partial charge in [-0.2, -0.15) is 0 Å². The van der Waals surface area contributed by atoms with Gasteiger partial charge in [0.15, 0.2) is 0 Å². The maximum Gasteiger partial charge on any atom is 0.230 e. The maximum absolute atomic E-state index is 4.94. The van der Waals surface area contributed by atoms with Crippen LogP contribution in [0.2, 0.25) is 6.82 Å². The van der Waals surface area contributed by atoms with E-state index in [0.717, 1.165) is 17.1 Å². The molecule has 168 valence electrons. The summed E-state index contributed by atoms with van der Waals surface area (Å²) in [5.41, 5.74) is 9.35. The lowest BCUT2D eigenvalue weighted by Gasteiger charge is -2.12. The van der Waals surface area contributed by atoms with Crippen molar-refractivity contribution >= 4 is 39.6 Å². The molecular formula is C31H26BN3. The van der Waals surface area contributed by atoms with Crippen LogP contribution in [-0.2, 0) is 0 Å². The van der Waals surface area contributed by atoms with Gasteiger partial charge in [0.05, 0.1) is 11.0 Å². The van der Waals surface area contributed by atoms with E-state index in [9.17, 15) is 0 Å². The van der Waals surface area contributed by atoms with Gasteiger partial charge in [0.25, 0.3) is 0 Å². The Bertz CT molecular complexity index is 1680. The molecule has 0 aliphatic carbocycles. The molecule has 0 bridgehead atoms. The van der Waals surface area contributed by atoms with Crippen LogP contribution in [0.1, 0.15) is 11.3 Å². The number of benzene rings is 3. The Kier molecular flexibility index (Phi) is 5.22. The molecule has 4 heteroatoms. The van der Waals surface area contributed by atoms with Gasteiger partial charge >= 0.3 is 0 Å². The third-order valence-corrected chi connectivity index (χ3v) is 7.09. The number of hydrogen-bond donors (Lipinski definition) is 0. The van der Waals surface area contributed by atoms with Gasteiger partial charge in [-0.1, -0.05) is 79.0 Å². The minimum absolute atomic E-state index is 0.228. The van der Waals surface area contributed by atoms with Crippen LogP contribution < -0.4 is 11.1 Å². The minimum Gasteiger partial charge on any atom is -0.294 e. The van der Waals surface area contributed by atoms with E-state index in [1.165, 1.54) is 44.0 Å². The molecule has 0 saturated heterocycles. The smallest absolute Gasteiger partial charge is 0.230 e. The van der Waals surface area contributed by atoms with E-state index in [-0.39, 0.29) is 6.71 Å². The molecule has 6 aromatic rings. The number of nitrogens with zero attached hydrogens (tertiary/aromatic N) is 3. The van der Waals surface area contributed by atoms with E-state index in [1.807, 2.05) is 12.3 Å². The number of fused-ring (bicyclic) bond motifs is 3. The number of hydrogen-bond acceptors (Lipinski definition) is 2. The number of rotatable bonds is 4. The second-order valence-corrected chi connectivity index (χ2v) is 9.26. The van der Waals surface area contributed by atoms with Crippen LogP contribution in [0.15, 0.2) is 103 Å². The Hall–Kier alpha value is -4.18. The lowest BCUT2D eigenvalue weighted by molar-refractivity contribution is 1.03. The van der Waals surface area contributed by atoms with Gasteiger partial charge in [-0.3, -0.25) is 9.55 Å². The molecule has 0 N–H and O–H groups in total. The van der Waals surface area contributed by atoms with Crippen LogP contribution in [0.5, 0.6) is 0 Å². The molecular weight excluding hydrogens is 425 g/mol.